The highest BCUT2D eigenvalue weighted by Crippen LogP contribution is 2.24. The highest BCUT2D eigenvalue weighted by Gasteiger charge is 2.24. The Morgan fingerprint density at radius 2 is 1.84 bits per heavy atom. The molecule has 1 amide bonds. The molecule has 1 atom stereocenters. The van der Waals surface area contributed by atoms with Crippen molar-refractivity contribution in [1.29, 1.82) is 0 Å². The number of benzene rings is 1. The van der Waals surface area contributed by atoms with Gasteiger partial charge in [0.25, 0.3) is 5.91 Å². The smallest absolute Gasteiger partial charge is 0.253 e. The third kappa shape index (κ3) is 3.78. The van der Waals surface area contributed by atoms with E-state index >= 15 is 0 Å². The summed E-state index contributed by atoms with van der Waals surface area (Å²) in [6.07, 6.45) is 2.51. The fraction of sp³-hybridized carbons (Fsp3) is 0.533. The van der Waals surface area contributed by atoms with E-state index in [1.165, 1.54) is 0 Å². The topological polar surface area (TPSA) is 69.6 Å². The molecule has 19 heavy (non-hydrogen) atoms. The number of hydrogen-bond donors (Lipinski definition) is 3. The van der Waals surface area contributed by atoms with Crippen molar-refractivity contribution in [2.75, 3.05) is 6.61 Å². The molecule has 1 aliphatic rings. The standard InChI is InChI=1S/C15H21NO3/c17-10-11-6-8-13(9-7-11)16-15(19)14(18)12-4-2-1-3-5-12/h1-5,11,13-14,17-18H,6-10H2,(H,16,19)/t11?,13?,14-/m1/s1. The van der Waals surface area contributed by atoms with E-state index in [4.69, 9.17) is 5.11 Å². The van der Waals surface area contributed by atoms with Crippen LogP contribution in [0, 0.1) is 5.92 Å². The number of amides is 1. The minimum Gasteiger partial charge on any atom is -0.396 e. The molecule has 0 unspecified atom stereocenters. The lowest BCUT2D eigenvalue weighted by Gasteiger charge is -2.28. The van der Waals surface area contributed by atoms with E-state index in [-0.39, 0.29) is 18.6 Å². The lowest BCUT2D eigenvalue weighted by atomic mass is 9.86. The van der Waals surface area contributed by atoms with Crippen molar-refractivity contribution < 1.29 is 15.0 Å². The molecule has 0 spiro atoms. The van der Waals surface area contributed by atoms with Gasteiger partial charge < -0.3 is 15.5 Å². The van der Waals surface area contributed by atoms with Crippen LogP contribution in [0.15, 0.2) is 30.3 Å². The highest BCUT2D eigenvalue weighted by atomic mass is 16.3. The maximum Gasteiger partial charge on any atom is 0.253 e. The second kappa shape index (κ2) is 6.68. The molecular formula is C15H21NO3. The van der Waals surface area contributed by atoms with Crippen LogP contribution in [-0.2, 0) is 4.79 Å². The van der Waals surface area contributed by atoms with Crippen LogP contribution in [0.1, 0.15) is 37.4 Å². The minimum absolute atomic E-state index is 0.119. The average Bonchev–Trinajstić information content (AvgIpc) is 2.48. The van der Waals surface area contributed by atoms with Gasteiger partial charge in [0.15, 0.2) is 6.10 Å². The van der Waals surface area contributed by atoms with E-state index < -0.39 is 6.10 Å². The van der Waals surface area contributed by atoms with Crippen LogP contribution in [0.3, 0.4) is 0 Å². The summed E-state index contributed by atoms with van der Waals surface area (Å²) in [6, 6.07) is 9.06. The van der Waals surface area contributed by atoms with Gasteiger partial charge >= 0.3 is 0 Å². The van der Waals surface area contributed by atoms with E-state index in [9.17, 15) is 9.90 Å². The van der Waals surface area contributed by atoms with E-state index in [0.29, 0.717) is 11.5 Å². The van der Waals surface area contributed by atoms with Gasteiger partial charge in [-0.25, -0.2) is 0 Å². The molecule has 1 aromatic rings. The van der Waals surface area contributed by atoms with Gasteiger partial charge in [0.2, 0.25) is 0 Å². The van der Waals surface area contributed by atoms with E-state index in [1.807, 2.05) is 6.07 Å². The largest absolute Gasteiger partial charge is 0.396 e. The first-order valence-corrected chi connectivity index (χ1v) is 6.85. The van der Waals surface area contributed by atoms with Gasteiger partial charge in [-0.05, 0) is 37.2 Å². The maximum absolute atomic E-state index is 12.0. The fourth-order valence-electron chi connectivity index (χ4n) is 2.56. The molecule has 0 heterocycles. The summed E-state index contributed by atoms with van der Waals surface area (Å²) in [6.45, 7) is 0.229. The molecule has 2 rings (SSSR count). The Bertz CT molecular complexity index is 399. The second-order valence-electron chi connectivity index (χ2n) is 5.22. The van der Waals surface area contributed by atoms with Gasteiger partial charge in [-0.3, -0.25) is 4.79 Å². The first-order chi connectivity index (χ1) is 9.20. The van der Waals surface area contributed by atoms with E-state index in [0.717, 1.165) is 25.7 Å². The summed E-state index contributed by atoms with van der Waals surface area (Å²) in [5.74, 6) is 0.0332. The van der Waals surface area contributed by atoms with Crippen LogP contribution in [0.2, 0.25) is 0 Å². The first kappa shape index (κ1) is 14.0. The minimum atomic E-state index is -1.10. The van der Waals surface area contributed by atoms with Crippen molar-refractivity contribution in [3.8, 4) is 0 Å². The number of rotatable bonds is 4. The van der Waals surface area contributed by atoms with Gasteiger partial charge in [0.05, 0.1) is 0 Å². The molecule has 0 aromatic heterocycles. The van der Waals surface area contributed by atoms with Crippen molar-refractivity contribution in [2.45, 2.75) is 37.8 Å². The fourth-order valence-corrected chi connectivity index (χ4v) is 2.56. The molecule has 104 valence electrons. The zero-order chi connectivity index (χ0) is 13.7. The lowest BCUT2D eigenvalue weighted by Crippen LogP contribution is -2.40. The van der Waals surface area contributed by atoms with Crippen LogP contribution >= 0.6 is 0 Å². The zero-order valence-corrected chi connectivity index (χ0v) is 11.0. The Morgan fingerprint density at radius 3 is 2.42 bits per heavy atom. The van der Waals surface area contributed by atoms with Crippen molar-refractivity contribution in [3.63, 3.8) is 0 Å². The van der Waals surface area contributed by atoms with Crippen molar-refractivity contribution in [2.24, 2.45) is 5.92 Å². The van der Waals surface area contributed by atoms with Crippen molar-refractivity contribution in [1.82, 2.24) is 5.32 Å². The number of hydrogen-bond acceptors (Lipinski definition) is 3. The van der Waals surface area contributed by atoms with E-state index in [1.54, 1.807) is 24.3 Å². The van der Waals surface area contributed by atoms with Crippen LogP contribution in [-0.4, -0.2) is 28.8 Å². The van der Waals surface area contributed by atoms with Gasteiger partial charge in [-0.1, -0.05) is 30.3 Å². The number of carbonyl (C=O) groups excluding carboxylic acids is 1. The molecule has 1 aromatic carbocycles. The van der Waals surface area contributed by atoms with Gasteiger partial charge in [-0.15, -0.1) is 0 Å². The molecule has 4 heteroatoms. The number of carbonyl (C=O) groups is 1. The Kier molecular flexibility index (Phi) is 4.93. The number of aliphatic hydroxyl groups excluding tert-OH is 2. The summed E-state index contributed by atoms with van der Waals surface area (Å²) < 4.78 is 0. The molecule has 4 nitrogen and oxygen atoms in total. The third-order valence-electron chi connectivity index (χ3n) is 3.81. The summed E-state index contributed by atoms with van der Waals surface area (Å²) in [5.41, 5.74) is 0.615. The maximum atomic E-state index is 12.0. The van der Waals surface area contributed by atoms with Gasteiger partial charge in [-0.2, -0.15) is 0 Å². The molecule has 1 saturated carbocycles. The molecule has 0 bridgehead atoms. The first-order valence-electron chi connectivity index (χ1n) is 6.85. The quantitative estimate of drug-likeness (QED) is 0.769. The lowest BCUT2D eigenvalue weighted by molar-refractivity contribution is -0.130. The van der Waals surface area contributed by atoms with Crippen LogP contribution < -0.4 is 5.32 Å². The van der Waals surface area contributed by atoms with Gasteiger partial charge in [0, 0.05) is 12.6 Å². The van der Waals surface area contributed by atoms with Crippen LogP contribution in [0.5, 0.6) is 0 Å². The Morgan fingerprint density at radius 1 is 1.21 bits per heavy atom. The number of aliphatic hydroxyl groups is 2. The molecule has 0 aliphatic heterocycles. The Balaban J connectivity index is 1.85. The predicted molar refractivity (Wildman–Crippen MR) is 72.4 cm³/mol. The van der Waals surface area contributed by atoms with Gasteiger partial charge in [0.1, 0.15) is 0 Å². The number of nitrogens with one attached hydrogen (secondary N) is 1. The highest BCUT2D eigenvalue weighted by molar-refractivity contribution is 5.82. The second-order valence-corrected chi connectivity index (χ2v) is 5.22. The summed E-state index contributed by atoms with van der Waals surface area (Å²) >= 11 is 0. The normalized spacial score (nSPS) is 24.7. The Labute approximate surface area is 113 Å². The van der Waals surface area contributed by atoms with Crippen molar-refractivity contribution >= 4 is 5.91 Å². The molecule has 0 saturated heterocycles. The average molecular weight is 263 g/mol. The van der Waals surface area contributed by atoms with Crippen molar-refractivity contribution in [3.05, 3.63) is 35.9 Å². The predicted octanol–water partition coefficient (Wildman–Crippen LogP) is 1.39. The summed E-state index contributed by atoms with van der Waals surface area (Å²) in [4.78, 5) is 12.0. The summed E-state index contributed by atoms with van der Waals surface area (Å²) in [7, 11) is 0. The molecule has 3 N–H and O–H groups in total. The molecule has 1 aliphatic carbocycles. The third-order valence-corrected chi connectivity index (χ3v) is 3.81. The van der Waals surface area contributed by atoms with E-state index in [2.05, 4.69) is 5.32 Å². The Hall–Kier alpha value is -1.39. The molecule has 0 radical (unpaired) electrons. The molecular weight excluding hydrogens is 242 g/mol. The SMILES string of the molecule is O=C(NC1CCC(CO)CC1)[C@H](O)c1ccccc1. The summed E-state index contributed by atoms with van der Waals surface area (Å²) in [5, 5.41) is 21.9. The van der Waals surface area contributed by atoms with Crippen LogP contribution in [0.4, 0.5) is 0 Å². The molecule has 1 fully saturated rings. The monoisotopic (exact) mass is 263 g/mol. The zero-order valence-electron chi connectivity index (χ0n) is 11.0. The van der Waals surface area contributed by atoms with Crippen LogP contribution in [0.25, 0.3) is 0 Å².